The molecule has 1 saturated carbocycles. The van der Waals surface area contributed by atoms with E-state index in [1.165, 1.54) is 23.1 Å². The summed E-state index contributed by atoms with van der Waals surface area (Å²) in [5.41, 5.74) is 1.35. The van der Waals surface area contributed by atoms with Gasteiger partial charge in [-0.3, -0.25) is 9.59 Å². The number of nitrogens with one attached hydrogen (secondary N) is 1. The van der Waals surface area contributed by atoms with E-state index in [-0.39, 0.29) is 23.6 Å². The molecule has 4 rings (SSSR count). The Bertz CT molecular complexity index is 1130. The average molecular weight is 472 g/mol. The van der Waals surface area contributed by atoms with Crippen molar-refractivity contribution in [1.82, 2.24) is 15.2 Å². The molecule has 1 fully saturated rings. The van der Waals surface area contributed by atoms with Gasteiger partial charge in [0.05, 0.1) is 32.7 Å². The highest BCUT2D eigenvalue weighted by Gasteiger charge is 2.25. The van der Waals surface area contributed by atoms with Gasteiger partial charge in [-0.2, -0.15) is 0 Å². The van der Waals surface area contributed by atoms with Crippen LogP contribution in [0.2, 0.25) is 4.34 Å². The van der Waals surface area contributed by atoms with Crippen LogP contribution in [0.25, 0.3) is 10.9 Å². The maximum absolute atomic E-state index is 12.9. The van der Waals surface area contributed by atoms with E-state index in [9.17, 15) is 9.59 Å². The van der Waals surface area contributed by atoms with Crippen molar-refractivity contribution in [2.45, 2.75) is 30.5 Å². The van der Waals surface area contributed by atoms with Crippen molar-refractivity contribution in [1.29, 1.82) is 0 Å². The fraction of sp³-hybridized carbons (Fsp3) is 0.261. The van der Waals surface area contributed by atoms with Crippen LogP contribution in [0.5, 0.6) is 0 Å². The maximum Gasteiger partial charge on any atom is 0.252 e. The summed E-state index contributed by atoms with van der Waals surface area (Å²) >= 11 is 8.82. The van der Waals surface area contributed by atoms with Gasteiger partial charge in [-0.25, -0.2) is 4.98 Å². The Morgan fingerprint density at radius 1 is 1.29 bits per heavy atom. The molecule has 1 aromatic carbocycles. The van der Waals surface area contributed by atoms with Crippen LogP contribution in [-0.2, 0) is 11.3 Å². The number of carbonyl (C=O) groups excluding carboxylic acids is 2. The van der Waals surface area contributed by atoms with Crippen LogP contribution >= 0.6 is 34.7 Å². The maximum atomic E-state index is 12.9. The number of amides is 2. The van der Waals surface area contributed by atoms with Crippen LogP contribution in [0.4, 0.5) is 0 Å². The molecule has 5 nitrogen and oxygen atoms in total. The molecule has 0 saturated heterocycles. The van der Waals surface area contributed by atoms with E-state index < -0.39 is 0 Å². The summed E-state index contributed by atoms with van der Waals surface area (Å²) in [6.07, 6.45) is 3.77. The zero-order valence-corrected chi connectivity index (χ0v) is 19.2. The predicted octanol–water partition coefficient (Wildman–Crippen LogP) is 5.15. The first kappa shape index (κ1) is 21.9. The van der Waals surface area contributed by atoms with E-state index in [0.29, 0.717) is 28.0 Å². The first-order valence-corrected chi connectivity index (χ1v) is 12.2. The molecule has 1 aliphatic carbocycles. The molecule has 0 aliphatic heterocycles. The van der Waals surface area contributed by atoms with E-state index in [1.807, 2.05) is 36.4 Å². The third kappa shape index (κ3) is 5.67. The quantitative estimate of drug-likeness (QED) is 0.346. The second-order valence-electron chi connectivity index (χ2n) is 7.33. The monoisotopic (exact) mass is 471 g/mol. The zero-order valence-electron chi connectivity index (χ0n) is 16.8. The number of halogens is 1. The van der Waals surface area contributed by atoms with Gasteiger partial charge >= 0.3 is 0 Å². The molecule has 31 heavy (non-hydrogen) atoms. The lowest BCUT2D eigenvalue weighted by atomic mass is 10.1. The van der Waals surface area contributed by atoms with Crippen molar-refractivity contribution in [3.8, 4) is 0 Å². The summed E-state index contributed by atoms with van der Waals surface area (Å²) in [4.78, 5) is 33.0. The van der Waals surface area contributed by atoms with Gasteiger partial charge < -0.3 is 10.2 Å². The molecule has 0 radical (unpaired) electrons. The molecule has 0 unspecified atom stereocenters. The molecule has 0 bridgehead atoms. The number of hydrogen-bond donors (Lipinski definition) is 1. The number of hydrogen-bond acceptors (Lipinski definition) is 5. The minimum absolute atomic E-state index is 0.0200. The number of nitrogens with zero attached hydrogens (tertiary/aromatic N) is 2. The van der Waals surface area contributed by atoms with Crippen molar-refractivity contribution in [3.05, 3.63) is 69.9 Å². The third-order valence-corrected chi connectivity index (χ3v) is 6.98. The molecule has 0 spiro atoms. The minimum Gasteiger partial charge on any atom is -0.349 e. The Hall–Kier alpha value is -2.35. The van der Waals surface area contributed by atoms with E-state index in [1.54, 1.807) is 17.0 Å². The number of pyridine rings is 1. The first-order chi connectivity index (χ1) is 15.0. The summed E-state index contributed by atoms with van der Waals surface area (Å²) < 4.78 is 0.702. The van der Waals surface area contributed by atoms with Gasteiger partial charge in [-0.05, 0) is 37.1 Å². The number of thiophene rings is 1. The largest absolute Gasteiger partial charge is 0.349 e. The molecule has 2 heterocycles. The Morgan fingerprint density at radius 3 is 2.81 bits per heavy atom. The van der Waals surface area contributed by atoms with E-state index in [4.69, 9.17) is 11.6 Å². The summed E-state index contributed by atoms with van der Waals surface area (Å²) in [6, 6.07) is 13.4. The van der Waals surface area contributed by atoms with Crippen molar-refractivity contribution >= 4 is 57.4 Å². The van der Waals surface area contributed by atoms with Crippen LogP contribution in [0, 0.1) is 0 Å². The number of para-hydroxylation sites is 1. The summed E-state index contributed by atoms with van der Waals surface area (Å²) in [5, 5.41) is 4.52. The number of benzene rings is 1. The molecule has 2 amide bonds. The predicted molar refractivity (Wildman–Crippen MR) is 128 cm³/mol. The number of rotatable bonds is 9. The van der Waals surface area contributed by atoms with Gasteiger partial charge in [0.25, 0.3) is 5.91 Å². The van der Waals surface area contributed by atoms with Crippen molar-refractivity contribution in [2.24, 2.45) is 0 Å². The van der Waals surface area contributed by atoms with Crippen LogP contribution < -0.4 is 5.32 Å². The molecule has 1 N–H and O–H groups in total. The highest BCUT2D eigenvalue weighted by molar-refractivity contribution is 7.99. The normalized spacial score (nSPS) is 13.2. The second-order valence-corrected chi connectivity index (χ2v) is 10.1. The first-order valence-electron chi connectivity index (χ1n) is 10.00. The SMILES string of the molecule is C=CCN(Cc1ccc(Cl)s1)C(=O)CSc1cc(C(=O)NC2CC2)c2ccccc2n1. The highest BCUT2D eigenvalue weighted by atomic mass is 35.5. The van der Waals surface area contributed by atoms with Gasteiger partial charge in [0.1, 0.15) is 0 Å². The Labute approximate surface area is 194 Å². The minimum atomic E-state index is -0.0860. The van der Waals surface area contributed by atoms with Crippen LogP contribution in [0.15, 0.2) is 60.1 Å². The standard InChI is InChI=1S/C23H22ClN3O2S2/c1-2-11-27(13-16-9-10-20(24)31-16)22(28)14-30-21-12-18(23(29)25-15-7-8-15)17-5-3-4-6-19(17)26-21/h2-6,9-10,12,15H,1,7-8,11,13-14H2,(H,25,29). The number of fused-ring (bicyclic) bond motifs is 1. The van der Waals surface area contributed by atoms with Gasteiger partial charge in [0.2, 0.25) is 5.91 Å². The van der Waals surface area contributed by atoms with E-state index in [0.717, 1.165) is 28.6 Å². The molecular weight excluding hydrogens is 450 g/mol. The summed E-state index contributed by atoms with van der Waals surface area (Å²) in [7, 11) is 0. The van der Waals surface area contributed by atoms with Crippen LogP contribution in [0.3, 0.4) is 0 Å². The summed E-state index contributed by atoms with van der Waals surface area (Å²) in [6.45, 7) is 4.70. The molecule has 1 aliphatic rings. The lowest BCUT2D eigenvalue weighted by Crippen LogP contribution is -2.31. The lowest BCUT2D eigenvalue weighted by molar-refractivity contribution is -0.128. The van der Waals surface area contributed by atoms with E-state index in [2.05, 4.69) is 16.9 Å². The lowest BCUT2D eigenvalue weighted by Gasteiger charge is -2.20. The fourth-order valence-corrected chi connectivity index (χ4v) is 5.09. The molecule has 0 atom stereocenters. The van der Waals surface area contributed by atoms with Crippen molar-refractivity contribution in [3.63, 3.8) is 0 Å². The molecular formula is C23H22ClN3O2S2. The van der Waals surface area contributed by atoms with Gasteiger partial charge in [-0.1, -0.05) is 47.6 Å². The molecule has 160 valence electrons. The Kier molecular flexibility index (Phi) is 6.95. The molecule has 8 heteroatoms. The number of aromatic nitrogens is 1. The highest BCUT2D eigenvalue weighted by Crippen LogP contribution is 2.27. The van der Waals surface area contributed by atoms with Gasteiger partial charge in [0, 0.05) is 22.8 Å². The number of carbonyl (C=O) groups is 2. The molecule has 3 aromatic rings. The van der Waals surface area contributed by atoms with Crippen LogP contribution in [-0.4, -0.2) is 40.0 Å². The smallest absolute Gasteiger partial charge is 0.252 e. The third-order valence-electron chi connectivity index (χ3n) is 4.87. The van der Waals surface area contributed by atoms with Crippen LogP contribution in [0.1, 0.15) is 28.1 Å². The number of thioether (sulfide) groups is 1. The zero-order chi connectivity index (χ0) is 21.8. The van der Waals surface area contributed by atoms with Gasteiger partial charge in [0.15, 0.2) is 0 Å². The Morgan fingerprint density at radius 2 is 2.10 bits per heavy atom. The average Bonchev–Trinajstić information content (AvgIpc) is 3.49. The van der Waals surface area contributed by atoms with E-state index >= 15 is 0 Å². The Balaban J connectivity index is 1.49. The van der Waals surface area contributed by atoms with Crippen molar-refractivity contribution in [2.75, 3.05) is 12.3 Å². The topological polar surface area (TPSA) is 62.3 Å². The second kappa shape index (κ2) is 9.85. The molecule has 2 aromatic heterocycles. The van der Waals surface area contributed by atoms with Crippen molar-refractivity contribution < 1.29 is 9.59 Å². The van der Waals surface area contributed by atoms with Gasteiger partial charge in [-0.15, -0.1) is 17.9 Å². The fourth-order valence-electron chi connectivity index (χ4n) is 3.17. The summed E-state index contributed by atoms with van der Waals surface area (Å²) in [5.74, 6) is 0.118.